The zero-order valence-corrected chi connectivity index (χ0v) is 34.5. The first-order valence-corrected chi connectivity index (χ1v) is 20.2. The summed E-state index contributed by atoms with van der Waals surface area (Å²) in [7, 11) is -2.80. The zero-order chi connectivity index (χ0) is 40.3. The third kappa shape index (κ3) is 16.6. The minimum Gasteiger partial charge on any atom is -0.486 e. The van der Waals surface area contributed by atoms with E-state index in [2.05, 4.69) is 20.7 Å². The van der Waals surface area contributed by atoms with Crippen LogP contribution in [-0.4, -0.2) is 43.1 Å². The molecule has 0 aromatic heterocycles. The van der Waals surface area contributed by atoms with Crippen LogP contribution in [0.4, 0.5) is 8.78 Å². The van der Waals surface area contributed by atoms with E-state index in [9.17, 15) is 22.0 Å². The van der Waals surface area contributed by atoms with Crippen molar-refractivity contribution in [3.05, 3.63) is 131 Å². The summed E-state index contributed by atoms with van der Waals surface area (Å²) in [5, 5.41) is 0. The number of esters is 1. The molecule has 0 aliphatic rings. The minimum absolute atomic E-state index is 0.0562. The molecule has 0 amide bonds. The van der Waals surface area contributed by atoms with Crippen LogP contribution in [0.25, 0.3) is 0 Å². The molecule has 0 aliphatic heterocycles. The van der Waals surface area contributed by atoms with Gasteiger partial charge in [-0.2, -0.15) is 4.40 Å². The Morgan fingerprint density at radius 1 is 0.778 bits per heavy atom. The van der Waals surface area contributed by atoms with Crippen LogP contribution >= 0.6 is 11.6 Å². The van der Waals surface area contributed by atoms with Crippen molar-refractivity contribution >= 4 is 45.8 Å². The average Bonchev–Trinajstić information content (AvgIpc) is 3.14. The summed E-state index contributed by atoms with van der Waals surface area (Å²) >= 11 is 4.64. The molecule has 0 heterocycles. The van der Waals surface area contributed by atoms with Crippen LogP contribution in [-0.2, 0) is 44.7 Å². The largest absolute Gasteiger partial charge is 0.486 e. The Hall–Kier alpha value is -3.97. The van der Waals surface area contributed by atoms with E-state index in [-0.39, 0.29) is 31.1 Å². The van der Waals surface area contributed by atoms with Gasteiger partial charge in [-0.05, 0) is 101 Å². The van der Waals surface area contributed by atoms with Crippen molar-refractivity contribution in [2.75, 3.05) is 13.0 Å². The van der Waals surface area contributed by atoms with Gasteiger partial charge in [0.25, 0.3) is 0 Å². The Morgan fingerprint density at radius 2 is 1.28 bits per heavy atom. The Kier molecular flexibility index (Phi) is 19.7. The third-order valence-electron chi connectivity index (χ3n) is 7.09. The van der Waals surface area contributed by atoms with E-state index in [1.807, 2.05) is 102 Å². The monoisotopic (exact) mass is 804 g/mol. The number of carbonyl (C=O) groups is 1. The predicted molar refractivity (Wildman–Crippen MR) is 217 cm³/mol. The SMILES string of the molecule is CC(C)(C)[S@@](=O)N=Cc1ccc(OCc2ccccc2)c(F)c1.CCOC(=O)C[C@H](N[S@](=O)C(C)(C)C)c1ccc(OCc2ccccc2)c(F)c1.CCl. The number of rotatable bonds is 14. The van der Waals surface area contributed by atoms with E-state index in [1.54, 1.807) is 25.1 Å². The van der Waals surface area contributed by atoms with E-state index in [1.165, 1.54) is 30.8 Å². The summed E-state index contributed by atoms with van der Waals surface area (Å²) in [5.74, 6) is -1.16. The summed E-state index contributed by atoms with van der Waals surface area (Å²) in [6, 6.07) is 27.4. The quantitative estimate of drug-likeness (QED) is 0.0774. The molecule has 0 bridgehead atoms. The van der Waals surface area contributed by atoms with Crippen LogP contribution in [0, 0.1) is 11.6 Å². The maximum absolute atomic E-state index is 14.6. The molecule has 0 aliphatic carbocycles. The first-order valence-electron chi connectivity index (χ1n) is 17.2. The van der Waals surface area contributed by atoms with E-state index in [0.717, 1.165) is 11.1 Å². The number of ether oxygens (including phenoxy) is 3. The lowest BCUT2D eigenvalue weighted by atomic mass is 10.0. The van der Waals surface area contributed by atoms with Crippen LogP contribution in [0.1, 0.15) is 83.2 Å². The molecule has 54 heavy (non-hydrogen) atoms. The fourth-order valence-electron chi connectivity index (χ4n) is 4.22. The highest BCUT2D eigenvalue weighted by atomic mass is 35.5. The van der Waals surface area contributed by atoms with Gasteiger partial charge in [0, 0.05) is 12.6 Å². The molecule has 0 saturated heterocycles. The lowest BCUT2D eigenvalue weighted by molar-refractivity contribution is -0.143. The molecule has 4 rings (SSSR count). The van der Waals surface area contributed by atoms with Crippen LogP contribution in [0.5, 0.6) is 11.5 Å². The molecule has 0 saturated carbocycles. The van der Waals surface area contributed by atoms with Crippen LogP contribution in [0.2, 0.25) is 0 Å². The molecule has 4 aromatic carbocycles. The number of benzene rings is 4. The highest BCUT2D eigenvalue weighted by Crippen LogP contribution is 2.27. The van der Waals surface area contributed by atoms with E-state index in [4.69, 9.17) is 14.2 Å². The van der Waals surface area contributed by atoms with Gasteiger partial charge in [0.05, 0.1) is 39.5 Å². The second-order valence-electron chi connectivity index (χ2n) is 13.6. The normalized spacial score (nSPS) is 13.0. The van der Waals surface area contributed by atoms with E-state index < -0.39 is 55.1 Å². The molecule has 8 nitrogen and oxygen atoms in total. The van der Waals surface area contributed by atoms with Crippen molar-refractivity contribution in [3.8, 4) is 11.5 Å². The van der Waals surface area contributed by atoms with Crippen molar-refractivity contribution in [1.29, 1.82) is 0 Å². The molecule has 0 radical (unpaired) electrons. The standard InChI is InChI=1S/C22H28FNO4S.C18H20FNO2S.CH3Cl/c1-5-27-21(25)14-19(24-29(26)22(2,3)4)17-11-12-20(18(23)13-17)28-15-16-9-7-6-8-10-16;1-18(2,3)23(21)20-12-15-9-10-17(16(19)11-15)22-13-14-7-5-4-6-8-14;1-2/h6-13,19,24H,5,14-15H2,1-4H3;4-12H,13H2,1-3H3;1H3/t19-,29+;23-;/m01./s1. The molecule has 3 atom stereocenters. The Bertz CT molecular complexity index is 1820. The average molecular weight is 805 g/mol. The second kappa shape index (κ2) is 23.1. The van der Waals surface area contributed by atoms with Crippen molar-refractivity contribution in [3.63, 3.8) is 0 Å². The zero-order valence-electron chi connectivity index (χ0n) is 32.1. The first kappa shape index (κ1) is 46.2. The lowest BCUT2D eigenvalue weighted by Gasteiger charge is -2.24. The predicted octanol–water partition coefficient (Wildman–Crippen LogP) is 9.59. The number of hydrogen-bond donors (Lipinski definition) is 1. The van der Waals surface area contributed by atoms with Gasteiger partial charge in [-0.1, -0.05) is 66.7 Å². The first-order chi connectivity index (χ1) is 25.6. The summed E-state index contributed by atoms with van der Waals surface area (Å²) in [4.78, 5) is 12.0. The third-order valence-corrected chi connectivity index (χ3v) is 10.0. The smallest absolute Gasteiger partial charge is 0.307 e. The van der Waals surface area contributed by atoms with Gasteiger partial charge < -0.3 is 14.2 Å². The van der Waals surface area contributed by atoms with Crippen molar-refractivity contribution < 1.29 is 36.2 Å². The Labute approximate surface area is 328 Å². The van der Waals surface area contributed by atoms with Crippen LogP contribution in [0.3, 0.4) is 0 Å². The molecule has 4 aromatic rings. The maximum Gasteiger partial charge on any atom is 0.307 e. The van der Waals surface area contributed by atoms with E-state index in [0.29, 0.717) is 17.7 Å². The summed E-state index contributed by atoms with van der Waals surface area (Å²) in [6.07, 6.45) is 2.84. The van der Waals surface area contributed by atoms with Crippen LogP contribution in [0.15, 0.2) is 101 Å². The van der Waals surface area contributed by atoms with Crippen LogP contribution < -0.4 is 14.2 Å². The Morgan fingerprint density at radius 3 is 1.72 bits per heavy atom. The summed E-state index contributed by atoms with van der Waals surface area (Å²) in [6.45, 7) is 13.5. The van der Waals surface area contributed by atoms with E-state index >= 15 is 0 Å². The molecule has 0 spiro atoms. The molecular weight excluding hydrogens is 754 g/mol. The highest BCUT2D eigenvalue weighted by Gasteiger charge is 2.26. The van der Waals surface area contributed by atoms with Crippen molar-refractivity contribution in [2.45, 2.75) is 83.6 Å². The second-order valence-corrected chi connectivity index (χ2v) is 17.5. The number of halogens is 3. The molecule has 0 fully saturated rings. The Balaban J connectivity index is 0.000000365. The van der Waals surface area contributed by atoms with Crippen molar-refractivity contribution in [2.24, 2.45) is 4.40 Å². The molecule has 1 N–H and O–H groups in total. The van der Waals surface area contributed by atoms with Gasteiger partial charge in [0.2, 0.25) is 0 Å². The van der Waals surface area contributed by atoms with Gasteiger partial charge in [-0.3, -0.25) is 4.79 Å². The van der Waals surface area contributed by atoms with Gasteiger partial charge in [0.1, 0.15) is 24.2 Å². The molecular formula is C41H51ClF2N2O6S2. The maximum atomic E-state index is 14.6. The van der Waals surface area contributed by atoms with Gasteiger partial charge >= 0.3 is 5.97 Å². The summed E-state index contributed by atoms with van der Waals surface area (Å²) in [5.41, 5.74) is 2.95. The number of carbonyl (C=O) groups excluding carboxylic acids is 1. The number of alkyl halides is 1. The lowest BCUT2D eigenvalue weighted by Crippen LogP contribution is -2.36. The summed E-state index contributed by atoms with van der Waals surface area (Å²) < 4.78 is 75.0. The molecule has 0 unspecified atom stereocenters. The molecule has 13 heteroatoms. The highest BCUT2D eigenvalue weighted by molar-refractivity contribution is 7.85. The number of hydrogen-bond acceptors (Lipinski definition) is 6. The van der Waals surface area contributed by atoms with Crippen molar-refractivity contribution in [1.82, 2.24) is 4.72 Å². The number of nitrogens with one attached hydrogen (secondary N) is 1. The van der Waals surface area contributed by atoms with Gasteiger partial charge in [-0.15, -0.1) is 11.6 Å². The topological polar surface area (TPSA) is 103 Å². The fraction of sp³-hybridized carbons (Fsp3) is 0.366. The minimum atomic E-state index is -1.44. The van der Waals surface area contributed by atoms with Gasteiger partial charge in [0.15, 0.2) is 23.1 Å². The number of nitrogens with zero attached hydrogens (tertiary/aromatic N) is 1. The molecule has 294 valence electrons. The fourth-order valence-corrected chi connectivity index (χ4v) is 5.59. The van der Waals surface area contributed by atoms with Gasteiger partial charge in [-0.25, -0.2) is 21.9 Å².